The van der Waals surface area contributed by atoms with E-state index in [1.54, 1.807) is 40.8 Å². The van der Waals surface area contributed by atoms with E-state index in [1.165, 1.54) is 23.8 Å². The van der Waals surface area contributed by atoms with E-state index in [0.717, 1.165) is 16.9 Å². The van der Waals surface area contributed by atoms with Gasteiger partial charge in [-0.05, 0) is 6.07 Å². The number of carboxylic acids is 1. The van der Waals surface area contributed by atoms with Crippen molar-refractivity contribution < 1.29 is 28.9 Å². The van der Waals surface area contributed by atoms with Gasteiger partial charge in [0.1, 0.15) is 24.0 Å². The second-order valence-electron chi connectivity index (χ2n) is 7.97. The molecule has 2 aliphatic rings. The Bertz CT molecular complexity index is 1430. The molecule has 13 nitrogen and oxygen atoms in total. The minimum atomic E-state index is -1.51. The molecule has 1 unspecified atom stereocenters. The number of aliphatic carboxylic acids is 1. The molecule has 2 amide bonds. The van der Waals surface area contributed by atoms with Crippen LogP contribution in [-0.4, -0.2) is 61.2 Å². The topological polar surface area (TPSA) is 183 Å². The van der Waals surface area contributed by atoms with Gasteiger partial charge in [0.15, 0.2) is 29.8 Å². The molecule has 37 heavy (non-hydrogen) atoms. The van der Waals surface area contributed by atoms with E-state index < -0.39 is 22.6 Å². The van der Waals surface area contributed by atoms with E-state index >= 15 is 0 Å². The third-order valence-electron chi connectivity index (χ3n) is 5.66. The van der Waals surface area contributed by atoms with Crippen LogP contribution in [0.25, 0.3) is 11.4 Å². The highest BCUT2D eigenvalue weighted by Crippen LogP contribution is 2.43. The fourth-order valence-electron chi connectivity index (χ4n) is 4.05. The van der Waals surface area contributed by atoms with Gasteiger partial charge in [0.2, 0.25) is 5.91 Å². The molecule has 0 bridgehead atoms. The number of thiazole rings is 1. The van der Waals surface area contributed by atoms with Crippen LogP contribution in [0.1, 0.15) is 12.1 Å². The quantitative estimate of drug-likeness (QED) is 0.143. The highest BCUT2D eigenvalue weighted by atomic mass is 32.2. The van der Waals surface area contributed by atoms with Crippen molar-refractivity contribution in [2.45, 2.75) is 23.7 Å². The number of hydrogen-bond donors (Lipinski definition) is 3. The number of nitrogens with two attached hydrogens (primary N) is 1. The molecule has 0 saturated carbocycles. The Kier molecular flexibility index (Phi) is 6.62. The summed E-state index contributed by atoms with van der Waals surface area (Å²) in [5.41, 5.74) is 6.58. The second-order valence-corrected chi connectivity index (χ2v) is 10.1. The van der Waals surface area contributed by atoms with Crippen LogP contribution in [0.3, 0.4) is 0 Å². The lowest BCUT2D eigenvalue weighted by Gasteiger charge is -2.47. The number of carbonyl (C=O) groups excluding carboxylic acids is 3. The number of nitrogen functional groups attached to an aromatic ring is 1. The van der Waals surface area contributed by atoms with E-state index in [-0.39, 0.29) is 46.7 Å². The predicted molar refractivity (Wildman–Crippen MR) is 131 cm³/mol. The summed E-state index contributed by atoms with van der Waals surface area (Å²) in [4.78, 5) is 55.3. The van der Waals surface area contributed by atoms with Gasteiger partial charge in [-0.2, -0.15) is 0 Å². The monoisotopic (exact) mass is 540 g/mol. The van der Waals surface area contributed by atoms with E-state index in [4.69, 9.17) is 10.6 Å². The average Bonchev–Trinajstić information content (AvgIpc) is 3.55. The smallest absolute Gasteiger partial charge is 0.276 e. The van der Waals surface area contributed by atoms with Crippen molar-refractivity contribution >= 4 is 51.7 Å². The number of anilines is 1. The molecule has 1 saturated heterocycles. The first kappa shape index (κ1) is 24.5. The minimum absolute atomic E-state index is 0.0483. The fourth-order valence-corrected chi connectivity index (χ4v) is 6.02. The third kappa shape index (κ3) is 4.77. The number of carboxylic acid groups (broad SMARTS) is 1. The Balaban J connectivity index is 1.51. The number of rotatable bonds is 8. The summed E-state index contributed by atoms with van der Waals surface area (Å²) in [6.45, 7) is 0.0483. The Morgan fingerprint density at radius 2 is 2.30 bits per heavy atom. The number of β-lactam (4-membered cyclic amide) rings is 1. The number of H-pyrrole nitrogens is 1. The predicted octanol–water partition coefficient (Wildman–Crippen LogP) is -0.795. The summed E-state index contributed by atoms with van der Waals surface area (Å²) in [6.07, 6.45) is 6.98. The van der Waals surface area contributed by atoms with E-state index in [0.29, 0.717) is 5.82 Å². The first-order valence-corrected chi connectivity index (χ1v) is 12.7. The minimum Gasteiger partial charge on any atom is -0.543 e. The average molecular weight is 541 g/mol. The number of carbonyl (C=O) groups is 3. The second kappa shape index (κ2) is 10.0. The molecular formula is C22H20N8O5S2. The summed E-state index contributed by atoms with van der Waals surface area (Å²) in [5, 5.41) is 19.4. The standard InChI is InChI=1S/C22H20N8O5S2/c1-35-28-16(13-10-36-22(23)26-13)19(32)27-20-12(17(21(33)34)30-14(31)7-15(30)37-20)9-29-6-2-3-11(8-29)18-24-4-5-25-18/h2-6,8,10,15,20H,7,9H2,1H3,(H4-,23,24,25,26,27,32,33,34)/b28-16-/t15-,20?/m1/s1. The molecule has 0 spiro atoms. The number of imidazole rings is 1. The molecular weight excluding hydrogens is 520 g/mol. The molecule has 0 aromatic carbocycles. The number of fused-ring (bicyclic) bond motifs is 1. The number of aromatic nitrogens is 4. The van der Waals surface area contributed by atoms with Crippen LogP contribution in [0.4, 0.5) is 5.13 Å². The summed E-state index contributed by atoms with van der Waals surface area (Å²) < 4.78 is 1.74. The van der Waals surface area contributed by atoms with E-state index in [9.17, 15) is 19.5 Å². The molecule has 3 aromatic rings. The Hall–Kier alpha value is -4.24. The normalized spacial score (nSPS) is 19.3. The first-order chi connectivity index (χ1) is 17.9. The van der Waals surface area contributed by atoms with Gasteiger partial charge in [-0.15, -0.1) is 23.1 Å². The van der Waals surface area contributed by atoms with Gasteiger partial charge in [0.25, 0.3) is 5.91 Å². The zero-order valence-electron chi connectivity index (χ0n) is 19.3. The number of amides is 2. The van der Waals surface area contributed by atoms with Crippen molar-refractivity contribution in [2.24, 2.45) is 5.16 Å². The summed E-state index contributed by atoms with van der Waals surface area (Å²) >= 11 is 2.39. The summed E-state index contributed by atoms with van der Waals surface area (Å²) in [7, 11) is 1.29. The molecule has 0 radical (unpaired) electrons. The van der Waals surface area contributed by atoms with Crippen LogP contribution in [0, 0.1) is 0 Å². The number of nitrogens with zero attached hydrogens (tertiary/aromatic N) is 5. The number of oxime groups is 1. The Morgan fingerprint density at radius 3 is 2.95 bits per heavy atom. The largest absolute Gasteiger partial charge is 0.543 e. The maximum absolute atomic E-state index is 13.3. The van der Waals surface area contributed by atoms with E-state index in [2.05, 4.69) is 25.4 Å². The molecule has 190 valence electrons. The van der Waals surface area contributed by atoms with Crippen LogP contribution in [-0.2, 0) is 25.8 Å². The van der Waals surface area contributed by atoms with Crippen LogP contribution < -0.4 is 20.7 Å². The summed E-state index contributed by atoms with van der Waals surface area (Å²) in [6, 6.07) is 3.63. The van der Waals surface area contributed by atoms with Crippen molar-refractivity contribution in [2.75, 3.05) is 12.8 Å². The molecule has 0 aliphatic carbocycles. The fraction of sp³-hybridized carbons (Fsp3) is 0.227. The SMILES string of the molecule is CO/N=C(\C(=O)NC1S[C@@H]2CC(=O)N2C(C(=O)[O-])=C1C[n+]1cccc(-c2ncc[nH]2)c1)c1csc(N)n1. The Labute approximate surface area is 218 Å². The highest BCUT2D eigenvalue weighted by Gasteiger charge is 2.48. The van der Waals surface area contributed by atoms with Gasteiger partial charge in [-0.3, -0.25) is 14.5 Å². The van der Waals surface area contributed by atoms with Gasteiger partial charge < -0.3 is 30.8 Å². The lowest BCUT2D eigenvalue weighted by atomic mass is 10.1. The summed E-state index contributed by atoms with van der Waals surface area (Å²) in [5.74, 6) is -1.85. The number of thioether (sulfide) groups is 1. The van der Waals surface area contributed by atoms with Crippen molar-refractivity contribution in [3.05, 3.63) is 59.3 Å². The lowest BCUT2D eigenvalue weighted by Crippen LogP contribution is -2.60. The molecule has 2 atom stereocenters. The van der Waals surface area contributed by atoms with Crippen molar-refractivity contribution in [1.29, 1.82) is 0 Å². The molecule has 5 heterocycles. The first-order valence-electron chi connectivity index (χ1n) is 10.9. The number of nitrogens with one attached hydrogen (secondary N) is 2. The maximum Gasteiger partial charge on any atom is 0.276 e. The maximum atomic E-state index is 13.3. The third-order valence-corrected chi connectivity index (χ3v) is 7.70. The number of hydrogen-bond acceptors (Lipinski definition) is 11. The zero-order valence-corrected chi connectivity index (χ0v) is 20.9. The molecule has 3 aromatic heterocycles. The number of aromatic amines is 1. The van der Waals surface area contributed by atoms with Crippen LogP contribution in [0.2, 0.25) is 0 Å². The van der Waals surface area contributed by atoms with E-state index in [1.807, 2.05) is 6.07 Å². The van der Waals surface area contributed by atoms with Gasteiger partial charge in [0.05, 0.1) is 34.6 Å². The van der Waals surface area contributed by atoms with Crippen LogP contribution >= 0.6 is 23.1 Å². The van der Waals surface area contributed by atoms with Crippen molar-refractivity contribution in [3.63, 3.8) is 0 Å². The Morgan fingerprint density at radius 1 is 1.46 bits per heavy atom. The van der Waals surface area contributed by atoms with Gasteiger partial charge in [0, 0.05) is 23.8 Å². The zero-order chi connectivity index (χ0) is 26.1. The van der Waals surface area contributed by atoms with Gasteiger partial charge >= 0.3 is 0 Å². The molecule has 4 N–H and O–H groups in total. The van der Waals surface area contributed by atoms with Crippen LogP contribution in [0.5, 0.6) is 0 Å². The molecule has 2 aliphatic heterocycles. The molecule has 1 fully saturated rings. The van der Waals surface area contributed by atoms with Gasteiger partial charge in [-0.1, -0.05) is 5.16 Å². The van der Waals surface area contributed by atoms with Crippen molar-refractivity contribution in [1.82, 2.24) is 25.2 Å². The number of pyridine rings is 1. The van der Waals surface area contributed by atoms with Gasteiger partial charge in [-0.25, -0.2) is 14.5 Å². The van der Waals surface area contributed by atoms with Crippen LogP contribution in [0.15, 0.2) is 58.7 Å². The van der Waals surface area contributed by atoms with Crippen molar-refractivity contribution in [3.8, 4) is 11.4 Å². The molecule has 15 heteroatoms. The highest BCUT2D eigenvalue weighted by molar-refractivity contribution is 8.00. The lowest BCUT2D eigenvalue weighted by molar-refractivity contribution is -0.688. The molecule has 5 rings (SSSR count).